The molecule has 0 amide bonds. The second-order valence-electron chi connectivity index (χ2n) is 2.17. The Labute approximate surface area is 59.8 Å². The molecule has 0 atom stereocenters. The minimum Gasteiger partial charge on any atom is -0.284 e. The summed E-state index contributed by atoms with van der Waals surface area (Å²) in [6.45, 7) is 2.00. The molecule has 0 bridgehead atoms. The molecule has 0 saturated heterocycles. The lowest BCUT2D eigenvalue weighted by Crippen LogP contribution is -2.77. The molecule has 0 spiro atoms. The molecule has 2 N–H and O–H groups in total. The van der Waals surface area contributed by atoms with Crippen LogP contribution >= 0.6 is 0 Å². The molecule has 56 valence electrons. The van der Waals surface area contributed by atoms with Crippen molar-refractivity contribution in [1.82, 2.24) is 9.55 Å². The molecule has 10 heavy (non-hydrogen) atoms. The molecule has 4 nitrogen and oxygen atoms in total. The summed E-state index contributed by atoms with van der Waals surface area (Å²) in [6.07, 6.45) is 1.81. The predicted molar refractivity (Wildman–Crippen MR) is 36.5 cm³/mol. The number of imidazole rings is 1. The molecule has 1 rings (SSSR count). The summed E-state index contributed by atoms with van der Waals surface area (Å²) in [5.74, 6) is 0.847. The van der Waals surface area contributed by atoms with E-state index in [0.29, 0.717) is 0 Å². The Kier molecular flexibility index (Phi) is 2.03. The first kappa shape index (κ1) is 7.24. The summed E-state index contributed by atoms with van der Waals surface area (Å²) >= 11 is 0. The van der Waals surface area contributed by atoms with Crippen molar-refractivity contribution in [2.45, 2.75) is 6.92 Å². The number of nitrogens with zero attached hydrogens (tertiary/aromatic N) is 2. The van der Waals surface area contributed by atoms with Gasteiger partial charge >= 0.3 is 5.95 Å². The highest BCUT2D eigenvalue weighted by Gasteiger charge is 2.04. The van der Waals surface area contributed by atoms with Crippen LogP contribution in [-0.2, 0) is 11.9 Å². The molecule has 0 aromatic carbocycles. The van der Waals surface area contributed by atoms with Crippen LogP contribution in [-0.4, -0.2) is 16.7 Å². The van der Waals surface area contributed by atoms with Crippen LogP contribution in [0.3, 0.4) is 0 Å². The normalized spacial score (nSPS) is 10.3. The third kappa shape index (κ3) is 1.17. The van der Waals surface area contributed by atoms with Gasteiger partial charge in [-0.15, -0.1) is 5.48 Å². The molecule has 0 saturated carbocycles. The molecule has 0 aliphatic carbocycles. The fraction of sp³-hybridized carbons (Fsp3) is 0.500. The van der Waals surface area contributed by atoms with Gasteiger partial charge < -0.3 is 0 Å². The maximum absolute atomic E-state index is 4.81. The first-order chi connectivity index (χ1) is 4.75. The maximum Gasteiger partial charge on any atom is 0.338 e. The van der Waals surface area contributed by atoms with Crippen LogP contribution in [0.25, 0.3) is 0 Å². The van der Waals surface area contributed by atoms with Gasteiger partial charge in [-0.05, 0) is 6.92 Å². The number of aromatic nitrogens is 2. The average molecular weight is 142 g/mol. The number of hydrogen-bond acceptors (Lipinski definition) is 2. The SMILES string of the molecule is CO[NH2+]c1ncc(C)n1C. The monoisotopic (exact) mass is 142 g/mol. The Morgan fingerprint density at radius 3 is 2.80 bits per heavy atom. The fourth-order valence-corrected chi connectivity index (χ4v) is 0.728. The lowest BCUT2D eigenvalue weighted by molar-refractivity contribution is -0.835. The van der Waals surface area contributed by atoms with Gasteiger partial charge in [0.25, 0.3) is 0 Å². The molecule has 0 aliphatic rings. The smallest absolute Gasteiger partial charge is 0.284 e. The Morgan fingerprint density at radius 2 is 2.40 bits per heavy atom. The van der Waals surface area contributed by atoms with E-state index in [-0.39, 0.29) is 0 Å². The Hall–Kier alpha value is -0.870. The number of quaternary nitrogens is 1. The van der Waals surface area contributed by atoms with Crippen molar-refractivity contribution in [3.63, 3.8) is 0 Å². The standard InChI is InChI=1S/C6H11N3O/c1-5-4-7-6(8-10-3)9(5)2/h4H,1-3H3,(H,7,8)/p+1. The molecule has 1 aromatic rings. The van der Waals surface area contributed by atoms with Gasteiger partial charge in [-0.25, -0.2) is 4.84 Å². The van der Waals surface area contributed by atoms with E-state index >= 15 is 0 Å². The Morgan fingerprint density at radius 1 is 1.70 bits per heavy atom. The number of hydrogen-bond donors (Lipinski definition) is 1. The number of nitrogens with two attached hydrogens (primary N) is 1. The summed E-state index contributed by atoms with van der Waals surface area (Å²) in [5.41, 5.74) is 2.75. The van der Waals surface area contributed by atoms with E-state index in [1.165, 1.54) is 0 Å². The quantitative estimate of drug-likeness (QED) is 0.565. The zero-order valence-electron chi connectivity index (χ0n) is 6.46. The lowest BCUT2D eigenvalue weighted by atomic mass is 10.5. The number of aryl methyl sites for hydroxylation is 1. The van der Waals surface area contributed by atoms with Gasteiger partial charge in [-0.2, -0.15) is 4.98 Å². The van der Waals surface area contributed by atoms with E-state index in [9.17, 15) is 0 Å². The summed E-state index contributed by atoms with van der Waals surface area (Å²) in [6, 6.07) is 0. The summed E-state index contributed by atoms with van der Waals surface area (Å²) < 4.78 is 1.96. The molecule has 1 heterocycles. The third-order valence-electron chi connectivity index (χ3n) is 1.48. The molecular formula is C6H12N3O+. The highest BCUT2D eigenvalue weighted by atomic mass is 16.6. The zero-order chi connectivity index (χ0) is 7.56. The van der Waals surface area contributed by atoms with E-state index in [2.05, 4.69) is 4.98 Å². The van der Waals surface area contributed by atoms with E-state index < -0.39 is 0 Å². The van der Waals surface area contributed by atoms with Crippen molar-refractivity contribution in [1.29, 1.82) is 0 Å². The van der Waals surface area contributed by atoms with Crippen LogP contribution < -0.4 is 5.48 Å². The van der Waals surface area contributed by atoms with Crippen molar-refractivity contribution in [2.75, 3.05) is 7.11 Å². The van der Waals surface area contributed by atoms with E-state index in [1.807, 2.05) is 24.7 Å². The van der Waals surface area contributed by atoms with Gasteiger partial charge in [0.15, 0.2) is 0 Å². The van der Waals surface area contributed by atoms with E-state index in [1.54, 1.807) is 12.6 Å². The van der Waals surface area contributed by atoms with Crippen molar-refractivity contribution in [3.8, 4) is 0 Å². The third-order valence-corrected chi connectivity index (χ3v) is 1.48. The minimum atomic E-state index is 0.847. The van der Waals surface area contributed by atoms with Gasteiger partial charge in [0.1, 0.15) is 0 Å². The van der Waals surface area contributed by atoms with Crippen molar-refractivity contribution >= 4 is 5.95 Å². The highest BCUT2D eigenvalue weighted by Crippen LogP contribution is 1.99. The largest absolute Gasteiger partial charge is 0.338 e. The molecule has 4 heteroatoms. The van der Waals surface area contributed by atoms with Gasteiger partial charge in [0, 0.05) is 12.7 Å². The van der Waals surface area contributed by atoms with Crippen molar-refractivity contribution in [3.05, 3.63) is 11.9 Å². The van der Waals surface area contributed by atoms with Crippen molar-refractivity contribution < 1.29 is 10.3 Å². The maximum atomic E-state index is 4.81. The van der Waals surface area contributed by atoms with Gasteiger partial charge in [-0.3, -0.25) is 4.57 Å². The fourth-order valence-electron chi connectivity index (χ4n) is 0.728. The molecular weight excluding hydrogens is 130 g/mol. The summed E-state index contributed by atoms with van der Waals surface area (Å²) in [7, 11) is 3.57. The van der Waals surface area contributed by atoms with Crippen LogP contribution in [0.5, 0.6) is 0 Å². The summed E-state index contributed by atoms with van der Waals surface area (Å²) in [5, 5.41) is 0. The van der Waals surface area contributed by atoms with Crippen LogP contribution in [0, 0.1) is 6.92 Å². The minimum absolute atomic E-state index is 0.847. The van der Waals surface area contributed by atoms with E-state index in [4.69, 9.17) is 4.84 Å². The first-order valence-electron chi connectivity index (χ1n) is 3.10. The van der Waals surface area contributed by atoms with Gasteiger partial charge in [0.05, 0.1) is 13.3 Å². The number of rotatable bonds is 2. The topological polar surface area (TPSA) is 43.7 Å². The van der Waals surface area contributed by atoms with Gasteiger partial charge in [0.2, 0.25) is 0 Å². The zero-order valence-corrected chi connectivity index (χ0v) is 6.46. The molecule has 0 aliphatic heterocycles. The van der Waals surface area contributed by atoms with Crippen LogP contribution in [0.15, 0.2) is 6.20 Å². The van der Waals surface area contributed by atoms with E-state index in [0.717, 1.165) is 11.6 Å². The molecule has 0 radical (unpaired) electrons. The van der Waals surface area contributed by atoms with Gasteiger partial charge in [-0.1, -0.05) is 0 Å². The summed E-state index contributed by atoms with van der Waals surface area (Å²) in [4.78, 5) is 8.90. The second kappa shape index (κ2) is 2.81. The highest BCUT2D eigenvalue weighted by molar-refractivity contribution is 5.10. The molecule has 0 fully saturated rings. The molecule has 1 aromatic heterocycles. The second-order valence-corrected chi connectivity index (χ2v) is 2.17. The Bertz CT molecular complexity index is 219. The molecule has 0 unspecified atom stereocenters. The van der Waals surface area contributed by atoms with Crippen LogP contribution in [0.1, 0.15) is 5.69 Å². The first-order valence-corrected chi connectivity index (χ1v) is 3.10. The predicted octanol–water partition coefficient (Wildman–Crippen LogP) is -0.515. The van der Waals surface area contributed by atoms with Crippen molar-refractivity contribution in [2.24, 2.45) is 7.05 Å². The van der Waals surface area contributed by atoms with Crippen LogP contribution in [0.4, 0.5) is 5.95 Å². The average Bonchev–Trinajstić information content (AvgIpc) is 2.20. The lowest BCUT2D eigenvalue weighted by Gasteiger charge is -1.96. The van der Waals surface area contributed by atoms with Crippen LogP contribution in [0.2, 0.25) is 0 Å². The Balaban J connectivity index is 2.83.